The summed E-state index contributed by atoms with van der Waals surface area (Å²) >= 11 is 0. The van der Waals surface area contributed by atoms with E-state index in [2.05, 4.69) is 26.0 Å². The fourth-order valence-corrected chi connectivity index (χ4v) is 7.04. The summed E-state index contributed by atoms with van der Waals surface area (Å²) in [5.41, 5.74) is 0. The van der Waals surface area contributed by atoms with Crippen LogP contribution in [0.1, 0.15) is 20.3 Å². The van der Waals surface area contributed by atoms with Crippen molar-refractivity contribution in [2.75, 3.05) is 20.8 Å². The maximum atomic E-state index is 5.99. The van der Waals surface area contributed by atoms with Crippen LogP contribution in [-0.2, 0) is 13.6 Å². The molecule has 1 aromatic rings. The second-order valence-electron chi connectivity index (χ2n) is 4.85. The maximum absolute atomic E-state index is 5.99. The standard InChI is InChI=1S/C14H22O3Si/c1-5-14(12(2)11-17-14)18(15-3,16-4)13-9-7-6-8-10-13/h6-10,12H,5,11H2,1-4H3. The summed E-state index contributed by atoms with van der Waals surface area (Å²) in [6, 6.07) is 10.2. The molecule has 0 bridgehead atoms. The topological polar surface area (TPSA) is 27.7 Å². The van der Waals surface area contributed by atoms with Gasteiger partial charge in [-0.1, -0.05) is 44.2 Å². The van der Waals surface area contributed by atoms with E-state index in [0.29, 0.717) is 5.92 Å². The minimum absolute atomic E-state index is 0.266. The Morgan fingerprint density at radius 3 is 2.22 bits per heavy atom. The minimum atomic E-state index is -2.57. The van der Waals surface area contributed by atoms with E-state index in [1.807, 2.05) is 18.2 Å². The minimum Gasteiger partial charge on any atom is -0.393 e. The highest BCUT2D eigenvalue weighted by Crippen LogP contribution is 2.43. The Labute approximate surface area is 110 Å². The van der Waals surface area contributed by atoms with Crippen molar-refractivity contribution in [1.29, 1.82) is 0 Å². The van der Waals surface area contributed by atoms with E-state index in [-0.39, 0.29) is 5.22 Å². The highest BCUT2D eigenvalue weighted by atomic mass is 28.4. The van der Waals surface area contributed by atoms with Crippen LogP contribution >= 0.6 is 0 Å². The lowest BCUT2D eigenvalue weighted by atomic mass is 9.97. The first kappa shape index (κ1) is 13.7. The Morgan fingerprint density at radius 1 is 1.28 bits per heavy atom. The van der Waals surface area contributed by atoms with Gasteiger partial charge in [-0.05, 0) is 11.6 Å². The predicted octanol–water partition coefficient (Wildman–Crippen LogP) is 1.98. The van der Waals surface area contributed by atoms with Crippen molar-refractivity contribution in [3.63, 3.8) is 0 Å². The quantitative estimate of drug-likeness (QED) is 0.763. The number of hydrogen-bond acceptors (Lipinski definition) is 3. The van der Waals surface area contributed by atoms with Gasteiger partial charge in [-0.3, -0.25) is 0 Å². The second kappa shape index (κ2) is 5.13. The summed E-state index contributed by atoms with van der Waals surface area (Å²) in [5.74, 6) is 0.467. The van der Waals surface area contributed by atoms with Gasteiger partial charge in [0, 0.05) is 20.1 Å². The first-order chi connectivity index (χ1) is 8.66. The fourth-order valence-electron chi connectivity index (χ4n) is 3.12. The molecule has 18 heavy (non-hydrogen) atoms. The van der Waals surface area contributed by atoms with Crippen molar-refractivity contribution < 1.29 is 13.6 Å². The smallest absolute Gasteiger partial charge is 0.393 e. The largest absolute Gasteiger partial charge is 0.405 e. The molecule has 0 aromatic heterocycles. The molecule has 1 aromatic carbocycles. The van der Waals surface area contributed by atoms with Gasteiger partial charge in [0.1, 0.15) is 5.22 Å². The normalized spacial score (nSPS) is 27.9. The van der Waals surface area contributed by atoms with Crippen LogP contribution in [0.15, 0.2) is 30.3 Å². The number of benzene rings is 1. The highest BCUT2D eigenvalue weighted by Gasteiger charge is 2.65. The van der Waals surface area contributed by atoms with Gasteiger partial charge in [0.15, 0.2) is 0 Å². The summed E-state index contributed by atoms with van der Waals surface area (Å²) in [6.45, 7) is 5.16. The third-order valence-corrected chi connectivity index (χ3v) is 8.55. The van der Waals surface area contributed by atoms with E-state index in [1.54, 1.807) is 14.2 Å². The van der Waals surface area contributed by atoms with Crippen LogP contribution in [0.5, 0.6) is 0 Å². The molecular weight excluding hydrogens is 244 g/mol. The molecule has 1 heterocycles. The summed E-state index contributed by atoms with van der Waals surface area (Å²) in [4.78, 5) is 0. The maximum Gasteiger partial charge on any atom is 0.405 e. The average Bonchev–Trinajstić information content (AvgIpc) is 2.44. The van der Waals surface area contributed by atoms with E-state index in [1.165, 1.54) is 0 Å². The SMILES string of the molecule is CCC1([Si](OC)(OC)c2ccccc2)OCC1C. The van der Waals surface area contributed by atoms with Crippen molar-refractivity contribution in [3.8, 4) is 0 Å². The zero-order chi connectivity index (χ0) is 13.2. The Kier molecular flexibility index (Phi) is 3.92. The average molecular weight is 266 g/mol. The van der Waals surface area contributed by atoms with E-state index in [0.717, 1.165) is 18.2 Å². The van der Waals surface area contributed by atoms with E-state index in [4.69, 9.17) is 13.6 Å². The number of hydrogen-bond donors (Lipinski definition) is 0. The molecule has 0 amide bonds. The Balaban J connectivity index is 2.50. The van der Waals surface area contributed by atoms with Crippen molar-refractivity contribution in [1.82, 2.24) is 0 Å². The Hall–Kier alpha value is -0.683. The molecule has 2 rings (SSSR count). The second-order valence-corrected chi connectivity index (χ2v) is 8.32. The van der Waals surface area contributed by atoms with Gasteiger partial charge < -0.3 is 13.6 Å². The molecule has 1 aliphatic rings. The lowest BCUT2D eigenvalue weighted by Crippen LogP contribution is -2.77. The van der Waals surface area contributed by atoms with Crippen LogP contribution < -0.4 is 5.19 Å². The lowest BCUT2D eigenvalue weighted by molar-refractivity contribution is -0.167. The van der Waals surface area contributed by atoms with Gasteiger partial charge in [0.2, 0.25) is 0 Å². The summed E-state index contributed by atoms with van der Waals surface area (Å²) in [5, 5.41) is 0.876. The van der Waals surface area contributed by atoms with E-state index < -0.39 is 8.56 Å². The molecule has 4 heteroatoms. The molecule has 100 valence electrons. The molecule has 0 aliphatic carbocycles. The highest BCUT2D eigenvalue weighted by molar-refractivity contribution is 6.83. The van der Waals surface area contributed by atoms with Gasteiger partial charge in [-0.2, -0.15) is 0 Å². The van der Waals surface area contributed by atoms with Gasteiger partial charge in [-0.25, -0.2) is 0 Å². The van der Waals surface area contributed by atoms with Crippen LogP contribution in [0.4, 0.5) is 0 Å². The molecule has 1 aliphatic heterocycles. The van der Waals surface area contributed by atoms with Crippen molar-refractivity contribution in [2.45, 2.75) is 25.5 Å². The van der Waals surface area contributed by atoms with Gasteiger partial charge in [0.05, 0.1) is 6.61 Å². The van der Waals surface area contributed by atoms with Crippen LogP contribution in [0.25, 0.3) is 0 Å². The molecule has 1 fully saturated rings. The monoisotopic (exact) mass is 266 g/mol. The molecule has 3 nitrogen and oxygen atoms in total. The zero-order valence-electron chi connectivity index (χ0n) is 11.6. The van der Waals surface area contributed by atoms with Crippen molar-refractivity contribution in [2.24, 2.45) is 5.92 Å². The lowest BCUT2D eigenvalue weighted by Gasteiger charge is -2.55. The molecule has 2 atom stereocenters. The van der Waals surface area contributed by atoms with Crippen molar-refractivity contribution >= 4 is 13.7 Å². The zero-order valence-corrected chi connectivity index (χ0v) is 12.6. The van der Waals surface area contributed by atoms with Crippen molar-refractivity contribution in [3.05, 3.63) is 30.3 Å². The molecule has 0 saturated carbocycles. The third-order valence-electron chi connectivity index (χ3n) is 4.20. The molecule has 0 N–H and O–H groups in total. The molecule has 1 saturated heterocycles. The van der Waals surface area contributed by atoms with E-state index >= 15 is 0 Å². The van der Waals surface area contributed by atoms with E-state index in [9.17, 15) is 0 Å². The molecular formula is C14H22O3Si. The number of ether oxygens (including phenoxy) is 1. The summed E-state index contributed by atoms with van der Waals surface area (Å²) in [7, 11) is 0.917. The molecule has 2 unspecified atom stereocenters. The van der Waals surface area contributed by atoms with Crippen LogP contribution in [-0.4, -0.2) is 34.6 Å². The summed E-state index contributed by atoms with van der Waals surface area (Å²) in [6.07, 6.45) is 0.914. The number of rotatable bonds is 5. The van der Waals surface area contributed by atoms with Crippen LogP contribution in [0.3, 0.4) is 0 Å². The third kappa shape index (κ3) is 1.67. The van der Waals surface area contributed by atoms with Gasteiger partial charge >= 0.3 is 8.56 Å². The molecule has 0 radical (unpaired) electrons. The fraction of sp³-hybridized carbons (Fsp3) is 0.571. The molecule has 0 spiro atoms. The Morgan fingerprint density at radius 2 is 1.89 bits per heavy atom. The Bertz CT molecular complexity index is 387. The first-order valence-corrected chi connectivity index (χ1v) is 8.28. The van der Waals surface area contributed by atoms with Gasteiger partial charge in [-0.15, -0.1) is 0 Å². The van der Waals surface area contributed by atoms with Gasteiger partial charge in [0.25, 0.3) is 0 Å². The predicted molar refractivity (Wildman–Crippen MR) is 74.0 cm³/mol. The first-order valence-electron chi connectivity index (χ1n) is 6.46. The van der Waals surface area contributed by atoms with Crippen LogP contribution in [0.2, 0.25) is 0 Å². The summed E-state index contributed by atoms with van der Waals surface area (Å²) < 4.78 is 17.9. The van der Waals surface area contributed by atoms with Crippen LogP contribution in [0, 0.1) is 5.92 Å².